The molecule has 0 amide bonds. The minimum absolute atomic E-state index is 0.331. The van der Waals surface area contributed by atoms with Crippen LogP contribution in [0.1, 0.15) is 16.2 Å². The molecular weight excluding hydrogens is 1020 g/mol. The van der Waals surface area contributed by atoms with E-state index in [0.29, 0.717) is 57.3 Å². The Hall–Kier alpha value is -5.78. The van der Waals surface area contributed by atoms with E-state index in [-0.39, 0.29) is 0 Å². The molecule has 2 aromatic carbocycles. The van der Waals surface area contributed by atoms with Gasteiger partial charge in [-0.3, -0.25) is 14.8 Å². The van der Waals surface area contributed by atoms with Gasteiger partial charge in [0, 0.05) is 116 Å². The molecule has 8 aromatic rings. The van der Waals surface area contributed by atoms with Crippen molar-refractivity contribution in [2.45, 2.75) is 103 Å². The van der Waals surface area contributed by atoms with E-state index >= 15 is 0 Å². The predicted octanol–water partition coefficient (Wildman–Crippen LogP) is 13.2. The molecule has 6 aromatic heterocycles. The Balaban J connectivity index is 0.000000221. The van der Waals surface area contributed by atoms with Crippen molar-refractivity contribution in [3.8, 4) is 22.3 Å². The SMILES string of the molecule is C=Cc1cc(N(COCC[Si](C)(C)C)COCC[Si](C)(C)C)n2ncc(-c3cnc4ccccc4c3)c2n1.C[Si](C)(C)CCOCN(COCC[Si](C)(C)C)c1cc(C=O)nc2c(-c3cnc4ccccc4c3)cnn12. The fourth-order valence-corrected chi connectivity index (χ4v) is 11.0. The zero-order valence-corrected chi connectivity index (χ0v) is 51.1. The van der Waals surface area contributed by atoms with Gasteiger partial charge in [-0.15, -0.1) is 0 Å². The van der Waals surface area contributed by atoms with E-state index in [4.69, 9.17) is 29.0 Å². The van der Waals surface area contributed by atoms with Gasteiger partial charge in [0.1, 0.15) is 44.3 Å². The van der Waals surface area contributed by atoms with E-state index in [2.05, 4.69) is 128 Å². The molecule has 0 saturated heterocycles. The number of rotatable bonds is 26. The van der Waals surface area contributed by atoms with Gasteiger partial charge in [-0.1, -0.05) is 122 Å². The van der Waals surface area contributed by atoms with Crippen LogP contribution in [0.15, 0.2) is 104 Å². The van der Waals surface area contributed by atoms with Crippen molar-refractivity contribution in [2.75, 3.05) is 63.2 Å². The number of carbonyl (C=O) groups is 1. The Morgan fingerprint density at radius 3 is 1.21 bits per heavy atom. The van der Waals surface area contributed by atoms with Crippen LogP contribution in [-0.4, -0.2) is 131 Å². The van der Waals surface area contributed by atoms with Gasteiger partial charge in [-0.05, 0) is 54.5 Å². The third-order valence-electron chi connectivity index (χ3n) is 12.7. The summed E-state index contributed by atoms with van der Waals surface area (Å²) in [7, 11) is -4.83. The summed E-state index contributed by atoms with van der Waals surface area (Å²) in [6, 6.07) is 28.4. The van der Waals surface area contributed by atoms with Crippen molar-refractivity contribution >= 4 is 89.4 Å². The number of aldehydes is 1. The van der Waals surface area contributed by atoms with E-state index in [1.54, 1.807) is 22.9 Å². The van der Waals surface area contributed by atoms with Gasteiger partial charge >= 0.3 is 0 Å². The molecule has 19 heteroatoms. The van der Waals surface area contributed by atoms with Crippen LogP contribution in [0, 0.1) is 0 Å². The average molecular weight is 1100 g/mol. The van der Waals surface area contributed by atoms with E-state index in [0.717, 1.165) is 105 Å². The normalized spacial score (nSPS) is 12.4. The van der Waals surface area contributed by atoms with Crippen molar-refractivity contribution < 1.29 is 23.7 Å². The molecule has 0 aliphatic heterocycles. The van der Waals surface area contributed by atoms with Crippen LogP contribution in [0.3, 0.4) is 0 Å². The number of hydrogen-bond donors (Lipinski definition) is 0. The molecule has 0 fully saturated rings. The third kappa shape index (κ3) is 16.6. The van der Waals surface area contributed by atoms with E-state index in [9.17, 15) is 4.79 Å². The molecule has 0 radical (unpaired) electrons. The van der Waals surface area contributed by atoms with Gasteiger partial charge < -0.3 is 28.7 Å². The Morgan fingerprint density at radius 2 is 0.855 bits per heavy atom. The number of anilines is 2. The second kappa shape index (κ2) is 25.6. The molecule has 0 atom stereocenters. The van der Waals surface area contributed by atoms with Gasteiger partial charge in [0.2, 0.25) is 0 Å². The molecule has 0 N–H and O–H groups in total. The summed E-state index contributed by atoms with van der Waals surface area (Å²) >= 11 is 0. The van der Waals surface area contributed by atoms with Crippen molar-refractivity contribution in [2.24, 2.45) is 0 Å². The quantitative estimate of drug-likeness (QED) is 0.0219. The molecule has 404 valence electrons. The highest BCUT2D eigenvalue weighted by Gasteiger charge is 2.23. The monoisotopic (exact) mass is 1100 g/mol. The van der Waals surface area contributed by atoms with Crippen LogP contribution in [0.2, 0.25) is 103 Å². The van der Waals surface area contributed by atoms with Crippen LogP contribution >= 0.6 is 0 Å². The second-order valence-corrected chi connectivity index (χ2v) is 46.8. The maximum absolute atomic E-state index is 11.9. The number of pyridine rings is 2. The number of fused-ring (bicyclic) bond motifs is 4. The lowest BCUT2D eigenvalue weighted by molar-refractivity contribution is 0.0940. The highest BCUT2D eigenvalue weighted by molar-refractivity contribution is 6.77. The molecule has 15 nitrogen and oxygen atoms in total. The highest BCUT2D eigenvalue weighted by Crippen LogP contribution is 2.31. The minimum atomic E-state index is -1.22. The summed E-state index contributed by atoms with van der Waals surface area (Å²) in [6.07, 6.45) is 9.90. The number of hydrogen-bond acceptors (Lipinski definition) is 13. The standard InChI is InChI=1S/C29H41N5O2Si2.C28H39N5O3Si2/c1-8-25-18-28(33(21-35-13-15-37(2,3)4)22-36-14-16-38(5,6)7)34-29(32-25)26(20-31-34)24-17-23-11-9-10-12-27(23)30-19-24;1-37(2,3)13-11-35-20-32(21-36-12-14-38(4,5)6)27-16-24(19-34)31-28-25(18-30-33(27)28)23-15-22-9-7-8-10-26(22)29-17-23/h8-12,17-20H,1,13-16,21-22H2,2-7H3;7-10,15-19H,11-14,20-21H2,1-6H3. The number of para-hydroxylation sites is 2. The van der Waals surface area contributed by atoms with Crippen LogP contribution in [-0.2, 0) is 18.9 Å². The molecule has 0 unspecified atom stereocenters. The Labute approximate surface area is 453 Å². The highest BCUT2D eigenvalue weighted by atomic mass is 28.3. The van der Waals surface area contributed by atoms with Gasteiger partial charge in [0.15, 0.2) is 17.6 Å². The molecule has 0 spiro atoms. The fraction of sp³-hybridized carbons (Fsp3) is 0.421. The summed E-state index contributed by atoms with van der Waals surface area (Å²) in [4.78, 5) is 34.8. The zero-order chi connectivity index (χ0) is 54.7. The predicted molar refractivity (Wildman–Crippen MR) is 324 cm³/mol. The third-order valence-corrected chi connectivity index (χ3v) is 19.5. The largest absolute Gasteiger partial charge is 0.361 e. The minimum Gasteiger partial charge on any atom is -0.361 e. The Kier molecular flexibility index (Phi) is 19.5. The molecule has 0 aliphatic rings. The molecule has 0 bridgehead atoms. The zero-order valence-electron chi connectivity index (χ0n) is 47.1. The fourth-order valence-electron chi connectivity index (χ4n) is 7.94. The van der Waals surface area contributed by atoms with Crippen molar-refractivity contribution in [3.05, 3.63) is 116 Å². The van der Waals surface area contributed by atoms with E-state index in [1.165, 1.54) is 0 Å². The summed E-state index contributed by atoms with van der Waals surface area (Å²) in [5.74, 6) is 1.57. The summed E-state index contributed by atoms with van der Waals surface area (Å²) in [5.41, 5.74) is 7.94. The molecule has 8 rings (SSSR count). The number of aromatic nitrogens is 8. The maximum atomic E-state index is 11.9. The average Bonchev–Trinajstić information content (AvgIpc) is 4.01. The summed E-state index contributed by atoms with van der Waals surface area (Å²) < 4.78 is 28.2. The maximum Gasteiger partial charge on any atom is 0.168 e. The van der Waals surface area contributed by atoms with E-state index in [1.807, 2.05) is 76.5 Å². The lowest BCUT2D eigenvalue weighted by Gasteiger charge is -2.26. The Bertz CT molecular complexity index is 2960. The molecule has 0 saturated carbocycles. The number of nitrogens with zero attached hydrogens (tertiary/aromatic N) is 10. The molecule has 6 heterocycles. The van der Waals surface area contributed by atoms with Crippen LogP contribution in [0.4, 0.5) is 11.6 Å². The summed E-state index contributed by atoms with van der Waals surface area (Å²) in [5, 5.41) is 11.6. The van der Waals surface area contributed by atoms with Gasteiger partial charge in [0.25, 0.3) is 0 Å². The summed E-state index contributed by atoms with van der Waals surface area (Å²) in [6.45, 7) is 36.5. The van der Waals surface area contributed by atoms with Gasteiger partial charge in [-0.25, -0.2) is 9.97 Å². The van der Waals surface area contributed by atoms with Gasteiger partial charge in [-0.2, -0.15) is 19.2 Å². The Morgan fingerprint density at radius 1 is 0.500 bits per heavy atom. The smallest absolute Gasteiger partial charge is 0.168 e. The first kappa shape index (κ1) is 57.9. The van der Waals surface area contributed by atoms with Crippen molar-refractivity contribution in [1.29, 1.82) is 0 Å². The van der Waals surface area contributed by atoms with Crippen LogP contribution < -0.4 is 9.80 Å². The number of ether oxygens (including phenoxy) is 4. The lowest BCUT2D eigenvalue weighted by Crippen LogP contribution is -2.33. The number of benzene rings is 2. The van der Waals surface area contributed by atoms with Crippen molar-refractivity contribution in [1.82, 2.24) is 39.2 Å². The molecular formula is C57H80N10O5Si4. The van der Waals surface area contributed by atoms with Crippen LogP contribution in [0.5, 0.6) is 0 Å². The first-order chi connectivity index (χ1) is 36.1. The van der Waals surface area contributed by atoms with Gasteiger partial charge in [0.05, 0.1) is 29.1 Å². The van der Waals surface area contributed by atoms with Crippen molar-refractivity contribution in [3.63, 3.8) is 0 Å². The van der Waals surface area contributed by atoms with E-state index < -0.39 is 32.3 Å². The van der Waals surface area contributed by atoms with Crippen LogP contribution in [0.25, 0.3) is 61.4 Å². The topological polar surface area (TPSA) is 147 Å². The number of carbonyl (C=O) groups excluding carboxylic acids is 1. The molecule has 76 heavy (non-hydrogen) atoms. The first-order valence-electron chi connectivity index (χ1n) is 26.4. The first-order valence-corrected chi connectivity index (χ1v) is 41.3. The lowest BCUT2D eigenvalue weighted by atomic mass is 10.1. The second-order valence-electron chi connectivity index (χ2n) is 24.3. The molecule has 0 aliphatic carbocycles.